The van der Waals surface area contributed by atoms with E-state index in [2.05, 4.69) is 11.2 Å². The van der Waals surface area contributed by atoms with E-state index in [1.165, 1.54) is 0 Å². The summed E-state index contributed by atoms with van der Waals surface area (Å²) in [6, 6.07) is 9.99. The molecular formula is C9H7N2. The topological polar surface area (TPSA) is 17.8 Å². The Morgan fingerprint density at radius 3 is 2.64 bits per heavy atom. The van der Waals surface area contributed by atoms with E-state index in [9.17, 15) is 0 Å². The summed E-state index contributed by atoms with van der Waals surface area (Å²) >= 11 is 0. The lowest BCUT2D eigenvalue weighted by Crippen LogP contribution is -1.87. The molecule has 0 aliphatic rings. The summed E-state index contributed by atoms with van der Waals surface area (Å²) in [6.07, 6.45) is 6.34. The number of para-hydroxylation sites is 1. The molecule has 0 atom stereocenters. The third-order valence-electron chi connectivity index (χ3n) is 1.49. The maximum Gasteiger partial charge on any atom is 0.0997 e. The van der Waals surface area contributed by atoms with Gasteiger partial charge in [-0.05, 0) is 12.1 Å². The zero-order chi connectivity index (χ0) is 7.52. The highest BCUT2D eigenvalue weighted by Gasteiger charge is 1.90. The molecule has 11 heavy (non-hydrogen) atoms. The molecule has 0 unspecified atom stereocenters. The van der Waals surface area contributed by atoms with E-state index in [0.29, 0.717) is 0 Å². The third kappa shape index (κ3) is 1.15. The molecule has 0 aliphatic heterocycles. The Hall–Kier alpha value is -1.57. The first-order chi connectivity index (χ1) is 5.47. The minimum Gasteiger partial charge on any atom is -0.297 e. The molecule has 0 aliphatic carbocycles. The van der Waals surface area contributed by atoms with Crippen molar-refractivity contribution in [2.75, 3.05) is 0 Å². The van der Waals surface area contributed by atoms with Crippen molar-refractivity contribution in [3.8, 4) is 5.69 Å². The molecule has 53 valence electrons. The molecule has 1 aromatic carbocycles. The van der Waals surface area contributed by atoms with E-state index >= 15 is 0 Å². The first-order valence-electron chi connectivity index (χ1n) is 3.42. The maximum atomic E-state index is 3.91. The van der Waals surface area contributed by atoms with Crippen LogP contribution in [-0.4, -0.2) is 9.55 Å². The Morgan fingerprint density at radius 1 is 1.18 bits per heavy atom. The van der Waals surface area contributed by atoms with E-state index in [1.807, 2.05) is 34.9 Å². The average molecular weight is 143 g/mol. The molecule has 0 saturated heterocycles. The molecule has 2 aromatic rings. The van der Waals surface area contributed by atoms with Crippen LogP contribution in [0.25, 0.3) is 5.69 Å². The minimum atomic E-state index is 1.09. The van der Waals surface area contributed by atoms with Gasteiger partial charge in [-0.2, -0.15) is 0 Å². The maximum absolute atomic E-state index is 3.91. The van der Waals surface area contributed by atoms with Gasteiger partial charge in [0.1, 0.15) is 0 Å². The Labute approximate surface area is 65.1 Å². The van der Waals surface area contributed by atoms with Crippen LogP contribution in [0.4, 0.5) is 0 Å². The van der Waals surface area contributed by atoms with Crippen LogP contribution >= 0.6 is 0 Å². The van der Waals surface area contributed by atoms with E-state index in [1.54, 1.807) is 12.5 Å². The predicted molar refractivity (Wildman–Crippen MR) is 42.4 cm³/mol. The fraction of sp³-hybridized carbons (Fsp3) is 0. The van der Waals surface area contributed by atoms with Crippen LogP contribution < -0.4 is 0 Å². The van der Waals surface area contributed by atoms with Crippen molar-refractivity contribution < 1.29 is 0 Å². The van der Waals surface area contributed by atoms with Gasteiger partial charge in [-0.1, -0.05) is 18.2 Å². The van der Waals surface area contributed by atoms with Gasteiger partial charge in [-0.25, -0.2) is 4.98 Å². The standard InChI is InChI=1S/C9H7N2/c1-2-4-9(5-3-1)11-7-6-10-8-11/h1-6,8H. The summed E-state index contributed by atoms with van der Waals surface area (Å²) in [6.45, 7) is 0. The Kier molecular flexibility index (Phi) is 1.44. The summed E-state index contributed by atoms with van der Waals surface area (Å²) in [5, 5.41) is 0. The van der Waals surface area contributed by atoms with Crippen molar-refractivity contribution in [2.45, 2.75) is 0 Å². The van der Waals surface area contributed by atoms with E-state index in [-0.39, 0.29) is 0 Å². The number of imidazole rings is 1. The average Bonchev–Trinajstić information content (AvgIpc) is 2.58. The van der Waals surface area contributed by atoms with Gasteiger partial charge in [-0.15, -0.1) is 0 Å². The Bertz CT molecular complexity index is 311. The van der Waals surface area contributed by atoms with Crippen molar-refractivity contribution >= 4 is 0 Å². The van der Waals surface area contributed by atoms with Crippen LogP contribution in [0.3, 0.4) is 0 Å². The number of benzene rings is 1. The number of aromatic nitrogens is 2. The van der Waals surface area contributed by atoms with Crippen molar-refractivity contribution in [1.29, 1.82) is 0 Å². The van der Waals surface area contributed by atoms with Gasteiger partial charge < -0.3 is 0 Å². The van der Waals surface area contributed by atoms with E-state index in [4.69, 9.17) is 0 Å². The Morgan fingerprint density at radius 2 is 2.00 bits per heavy atom. The van der Waals surface area contributed by atoms with E-state index < -0.39 is 0 Å². The molecule has 0 amide bonds. The van der Waals surface area contributed by atoms with Gasteiger partial charge in [0.15, 0.2) is 0 Å². The van der Waals surface area contributed by atoms with Crippen LogP contribution in [0.2, 0.25) is 0 Å². The lowest BCUT2D eigenvalue weighted by Gasteiger charge is -1.97. The quantitative estimate of drug-likeness (QED) is 0.593. The number of nitrogens with zero attached hydrogens (tertiary/aromatic N) is 2. The molecule has 0 bridgehead atoms. The molecule has 1 heterocycles. The van der Waals surface area contributed by atoms with Crippen LogP contribution in [0.1, 0.15) is 0 Å². The highest BCUT2D eigenvalue weighted by atomic mass is 15.0. The van der Waals surface area contributed by atoms with E-state index in [0.717, 1.165) is 5.69 Å². The summed E-state index contributed by atoms with van der Waals surface area (Å²) in [5.74, 6) is 0. The molecule has 1 aromatic heterocycles. The molecule has 0 spiro atoms. The lowest BCUT2D eigenvalue weighted by atomic mass is 10.3. The minimum absolute atomic E-state index is 1.09. The summed E-state index contributed by atoms with van der Waals surface area (Å²) < 4.78 is 1.85. The van der Waals surface area contributed by atoms with Crippen LogP contribution in [-0.2, 0) is 0 Å². The fourth-order valence-corrected chi connectivity index (χ4v) is 0.959. The third-order valence-corrected chi connectivity index (χ3v) is 1.49. The first-order valence-corrected chi connectivity index (χ1v) is 3.42. The van der Waals surface area contributed by atoms with Gasteiger partial charge in [0, 0.05) is 5.69 Å². The molecule has 0 fully saturated rings. The number of hydrogen-bond donors (Lipinski definition) is 0. The molecular weight excluding hydrogens is 136 g/mol. The second-order valence-corrected chi connectivity index (χ2v) is 2.23. The summed E-state index contributed by atoms with van der Waals surface area (Å²) in [7, 11) is 0. The molecule has 1 radical (unpaired) electrons. The zero-order valence-electron chi connectivity index (χ0n) is 5.94. The second kappa shape index (κ2) is 2.58. The fourth-order valence-electron chi connectivity index (χ4n) is 0.959. The predicted octanol–water partition coefficient (Wildman–Crippen LogP) is 1.67. The highest BCUT2D eigenvalue weighted by Crippen LogP contribution is 2.03. The van der Waals surface area contributed by atoms with Gasteiger partial charge in [0.05, 0.1) is 18.7 Å². The van der Waals surface area contributed by atoms with Gasteiger partial charge >= 0.3 is 0 Å². The molecule has 2 nitrogen and oxygen atoms in total. The smallest absolute Gasteiger partial charge is 0.0997 e. The normalized spacial score (nSPS) is 9.82. The van der Waals surface area contributed by atoms with Crippen molar-refractivity contribution in [2.24, 2.45) is 0 Å². The van der Waals surface area contributed by atoms with Gasteiger partial charge in [0.2, 0.25) is 0 Å². The first kappa shape index (κ1) is 6.16. The van der Waals surface area contributed by atoms with Crippen LogP contribution in [0, 0.1) is 6.20 Å². The van der Waals surface area contributed by atoms with Crippen molar-refractivity contribution in [3.63, 3.8) is 0 Å². The largest absolute Gasteiger partial charge is 0.297 e. The lowest BCUT2D eigenvalue weighted by molar-refractivity contribution is 1.05. The van der Waals surface area contributed by atoms with Gasteiger partial charge in [0.25, 0.3) is 0 Å². The highest BCUT2D eigenvalue weighted by molar-refractivity contribution is 5.30. The molecule has 0 saturated carbocycles. The van der Waals surface area contributed by atoms with Gasteiger partial charge in [-0.3, -0.25) is 4.57 Å². The van der Waals surface area contributed by atoms with Crippen LogP contribution in [0.5, 0.6) is 0 Å². The molecule has 2 rings (SSSR count). The van der Waals surface area contributed by atoms with Crippen LogP contribution in [0.15, 0.2) is 42.9 Å². The second-order valence-electron chi connectivity index (χ2n) is 2.23. The number of rotatable bonds is 1. The number of hydrogen-bond acceptors (Lipinski definition) is 1. The molecule has 0 N–H and O–H groups in total. The summed E-state index contributed by atoms with van der Waals surface area (Å²) in [5.41, 5.74) is 1.09. The summed E-state index contributed by atoms with van der Waals surface area (Å²) in [4.78, 5) is 3.91. The zero-order valence-corrected chi connectivity index (χ0v) is 5.94. The van der Waals surface area contributed by atoms with Crippen molar-refractivity contribution in [1.82, 2.24) is 9.55 Å². The van der Waals surface area contributed by atoms with Crippen molar-refractivity contribution in [3.05, 3.63) is 49.1 Å². The monoisotopic (exact) mass is 143 g/mol. The SMILES string of the molecule is [c]1cncn1-c1ccccc1. The Balaban J connectivity index is 2.46. The molecule has 2 heteroatoms.